The van der Waals surface area contributed by atoms with Gasteiger partial charge in [-0.05, 0) is 19.3 Å². The molecule has 0 unspecified atom stereocenters. The number of hydrogen-bond acceptors (Lipinski definition) is 2. The number of amides is 1. The fraction of sp³-hybridized carbons (Fsp3) is 0.882. The lowest BCUT2D eigenvalue weighted by molar-refractivity contribution is -0.127. The summed E-state index contributed by atoms with van der Waals surface area (Å²) in [6.07, 6.45) is 11.3. The Hall–Kier alpha value is -1.26. The summed E-state index contributed by atoms with van der Waals surface area (Å²) >= 11 is 0. The van der Waals surface area contributed by atoms with Gasteiger partial charge in [0.15, 0.2) is 5.96 Å². The van der Waals surface area contributed by atoms with Gasteiger partial charge in [0.05, 0.1) is 0 Å². The topological polar surface area (TPSA) is 56.7 Å². The number of hydrogen-bond donors (Lipinski definition) is 2. The molecule has 1 saturated carbocycles. The highest BCUT2D eigenvalue weighted by atomic mass is 16.2. The van der Waals surface area contributed by atoms with E-state index >= 15 is 0 Å². The van der Waals surface area contributed by atoms with Gasteiger partial charge in [-0.3, -0.25) is 4.79 Å². The van der Waals surface area contributed by atoms with Crippen molar-refractivity contribution in [3.8, 4) is 0 Å². The number of nitrogens with zero attached hydrogens (tertiary/aromatic N) is 2. The molecule has 128 valence electrons. The van der Waals surface area contributed by atoms with E-state index in [2.05, 4.69) is 22.5 Å². The maximum absolute atomic E-state index is 11.7. The molecule has 1 aliphatic rings. The van der Waals surface area contributed by atoms with E-state index in [9.17, 15) is 4.79 Å². The van der Waals surface area contributed by atoms with Crippen LogP contribution in [0.1, 0.15) is 64.7 Å². The molecule has 0 atom stereocenters. The number of carbonyl (C=O) groups excluding carboxylic acids is 1. The highest BCUT2D eigenvalue weighted by molar-refractivity contribution is 5.84. The molecule has 1 amide bonds. The second-order valence-corrected chi connectivity index (χ2v) is 6.42. The Balaban J connectivity index is 2.43. The maximum Gasteiger partial charge on any atom is 0.243 e. The zero-order valence-electron chi connectivity index (χ0n) is 14.7. The molecule has 1 fully saturated rings. The summed E-state index contributed by atoms with van der Waals surface area (Å²) in [5.41, 5.74) is 0. The number of likely N-dealkylation sites (N-methyl/N-ethyl adjacent to an activating group) is 1. The molecule has 1 aliphatic carbocycles. The summed E-state index contributed by atoms with van der Waals surface area (Å²) in [5, 5.41) is 6.90. The summed E-state index contributed by atoms with van der Waals surface area (Å²) < 4.78 is 0. The number of aliphatic imine (C=N–C) groups is 1. The molecule has 0 aromatic carbocycles. The largest absolute Gasteiger partial charge is 0.356 e. The molecule has 1 rings (SSSR count). The van der Waals surface area contributed by atoms with E-state index in [0.29, 0.717) is 6.04 Å². The minimum Gasteiger partial charge on any atom is -0.356 e. The predicted molar refractivity (Wildman–Crippen MR) is 93.1 cm³/mol. The van der Waals surface area contributed by atoms with Crippen molar-refractivity contribution in [2.45, 2.75) is 70.8 Å². The molecular formula is C17H34N4O. The lowest BCUT2D eigenvalue weighted by Crippen LogP contribution is -2.45. The third kappa shape index (κ3) is 8.25. The Labute approximate surface area is 135 Å². The Morgan fingerprint density at radius 1 is 1.14 bits per heavy atom. The van der Waals surface area contributed by atoms with Crippen LogP contribution in [0.3, 0.4) is 0 Å². The van der Waals surface area contributed by atoms with Gasteiger partial charge in [-0.1, -0.05) is 45.4 Å². The summed E-state index contributed by atoms with van der Waals surface area (Å²) in [6.45, 7) is 3.36. The van der Waals surface area contributed by atoms with Gasteiger partial charge in [0.25, 0.3) is 0 Å². The van der Waals surface area contributed by atoms with Gasteiger partial charge in [0.1, 0.15) is 6.54 Å². The van der Waals surface area contributed by atoms with E-state index in [1.54, 1.807) is 19.0 Å². The molecule has 0 spiro atoms. The second kappa shape index (κ2) is 11.3. The van der Waals surface area contributed by atoms with Crippen molar-refractivity contribution in [1.82, 2.24) is 15.5 Å². The zero-order valence-corrected chi connectivity index (χ0v) is 14.7. The van der Waals surface area contributed by atoms with E-state index in [0.717, 1.165) is 18.9 Å². The molecule has 0 bridgehead atoms. The van der Waals surface area contributed by atoms with Crippen LogP contribution in [0.15, 0.2) is 4.99 Å². The third-order valence-electron chi connectivity index (χ3n) is 4.14. The monoisotopic (exact) mass is 310 g/mol. The molecule has 5 nitrogen and oxygen atoms in total. The van der Waals surface area contributed by atoms with Gasteiger partial charge in [-0.25, -0.2) is 4.99 Å². The van der Waals surface area contributed by atoms with Crippen molar-refractivity contribution >= 4 is 11.9 Å². The van der Waals surface area contributed by atoms with Crippen molar-refractivity contribution < 1.29 is 4.79 Å². The molecule has 0 saturated heterocycles. The van der Waals surface area contributed by atoms with E-state index < -0.39 is 0 Å². The van der Waals surface area contributed by atoms with Crippen molar-refractivity contribution in [1.29, 1.82) is 0 Å². The lowest BCUT2D eigenvalue weighted by atomic mass is 9.96. The summed E-state index contributed by atoms with van der Waals surface area (Å²) in [5.74, 6) is 0.842. The van der Waals surface area contributed by atoms with Crippen LogP contribution in [0.2, 0.25) is 0 Å². The van der Waals surface area contributed by atoms with Gasteiger partial charge < -0.3 is 15.5 Å². The number of carbonyl (C=O) groups is 1. The van der Waals surface area contributed by atoms with Crippen molar-refractivity contribution in [2.75, 3.05) is 27.2 Å². The molecule has 5 heteroatoms. The molecule has 0 radical (unpaired) electrons. The average Bonchev–Trinajstić information content (AvgIpc) is 2.52. The number of guanidine groups is 1. The highest BCUT2D eigenvalue weighted by Crippen LogP contribution is 2.17. The Morgan fingerprint density at radius 3 is 2.50 bits per heavy atom. The molecule has 0 aromatic rings. The van der Waals surface area contributed by atoms with Gasteiger partial charge in [-0.15, -0.1) is 0 Å². The number of nitrogens with one attached hydrogen (secondary N) is 2. The molecule has 0 heterocycles. The van der Waals surface area contributed by atoms with Crippen LogP contribution in [0, 0.1) is 0 Å². The minimum absolute atomic E-state index is 0.0377. The first-order chi connectivity index (χ1) is 10.6. The zero-order chi connectivity index (χ0) is 16.2. The Bertz CT molecular complexity index is 336. The first-order valence-electron chi connectivity index (χ1n) is 8.88. The van der Waals surface area contributed by atoms with Crippen LogP contribution in [-0.4, -0.2) is 50.0 Å². The van der Waals surface area contributed by atoms with Crippen LogP contribution in [0.4, 0.5) is 0 Å². The number of rotatable bonds is 8. The quantitative estimate of drug-likeness (QED) is 0.411. The molecule has 22 heavy (non-hydrogen) atoms. The summed E-state index contributed by atoms with van der Waals surface area (Å²) in [4.78, 5) is 17.8. The standard InChI is InChI=1S/C17H34N4O/c1-4-5-6-10-13-18-17(19-14-16(22)21(2)3)20-15-11-8-7-9-12-15/h15H,4-14H2,1-3H3,(H2,18,19,20). The predicted octanol–water partition coefficient (Wildman–Crippen LogP) is 2.52. The van der Waals surface area contributed by atoms with Gasteiger partial charge in [0.2, 0.25) is 5.91 Å². The normalized spacial score (nSPS) is 16.4. The minimum atomic E-state index is 0.0377. The average molecular weight is 310 g/mol. The van der Waals surface area contributed by atoms with Gasteiger partial charge in [-0.2, -0.15) is 0 Å². The SMILES string of the molecule is CCCCCCNC(=NCC(=O)N(C)C)NC1CCCCC1. The van der Waals surface area contributed by atoms with Gasteiger partial charge in [0, 0.05) is 26.7 Å². The molecule has 0 aromatic heterocycles. The van der Waals surface area contributed by atoms with Crippen LogP contribution >= 0.6 is 0 Å². The van der Waals surface area contributed by atoms with Gasteiger partial charge >= 0.3 is 0 Å². The lowest BCUT2D eigenvalue weighted by Gasteiger charge is -2.25. The Kier molecular flexibility index (Phi) is 9.67. The van der Waals surface area contributed by atoms with E-state index in [1.807, 2.05) is 0 Å². The van der Waals surface area contributed by atoms with E-state index in [-0.39, 0.29) is 12.5 Å². The molecule has 2 N–H and O–H groups in total. The smallest absolute Gasteiger partial charge is 0.243 e. The second-order valence-electron chi connectivity index (χ2n) is 6.42. The van der Waals surface area contributed by atoms with Crippen molar-refractivity contribution in [3.63, 3.8) is 0 Å². The summed E-state index contributed by atoms with van der Waals surface area (Å²) in [6, 6.07) is 0.505. The summed E-state index contributed by atoms with van der Waals surface area (Å²) in [7, 11) is 3.54. The van der Waals surface area contributed by atoms with E-state index in [1.165, 1.54) is 51.4 Å². The highest BCUT2D eigenvalue weighted by Gasteiger charge is 2.15. The molecular weight excluding hydrogens is 276 g/mol. The maximum atomic E-state index is 11.7. The third-order valence-corrected chi connectivity index (χ3v) is 4.14. The first-order valence-corrected chi connectivity index (χ1v) is 8.88. The number of unbranched alkanes of at least 4 members (excludes halogenated alkanes) is 3. The first kappa shape index (κ1) is 18.8. The van der Waals surface area contributed by atoms with Crippen LogP contribution in [-0.2, 0) is 4.79 Å². The fourth-order valence-electron chi connectivity index (χ4n) is 2.64. The van der Waals surface area contributed by atoms with Crippen LogP contribution < -0.4 is 10.6 Å². The van der Waals surface area contributed by atoms with Crippen LogP contribution in [0.25, 0.3) is 0 Å². The Morgan fingerprint density at radius 2 is 1.86 bits per heavy atom. The fourth-order valence-corrected chi connectivity index (χ4v) is 2.64. The van der Waals surface area contributed by atoms with Crippen molar-refractivity contribution in [2.24, 2.45) is 4.99 Å². The van der Waals surface area contributed by atoms with Crippen LogP contribution in [0.5, 0.6) is 0 Å². The van der Waals surface area contributed by atoms with E-state index in [4.69, 9.17) is 0 Å². The van der Waals surface area contributed by atoms with Crippen molar-refractivity contribution in [3.05, 3.63) is 0 Å². The molecule has 0 aliphatic heterocycles.